The molecule has 3 rings (SSSR count). The van der Waals surface area contributed by atoms with Crippen LogP contribution in [0.4, 0.5) is 0 Å². The lowest BCUT2D eigenvalue weighted by molar-refractivity contribution is 0.0725. The Labute approximate surface area is 186 Å². The number of allylic oxidation sites excluding steroid dienone is 1. The number of benzene rings is 3. The fraction of sp³-hybridized carbons (Fsp3) is 0.120. The minimum absolute atomic E-state index is 0.265. The summed E-state index contributed by atoms with van der Waals surface area (Å²) in [5.74, 6) is 0.532. The van der Waals surface area contributed by atoms with Gasteiger partial charge in [0, 0.05) is 5.02 Å². The zero-order valence-corrected chi connectivity index (χ0v) is 17.8. The third-order valence-corrected chi connectivity index (χ3v) is 4.64. The SMILES string of the molecule is CCOc1ccccc1C(=O)Oc1ccc(C=C(C#N)c2ccc(Cl)cc2)cc1OC. The van der Waals surface area contributed by atoms with Gasteiger partial charge in [-0.15, -0.1) is 0 Å². The van der Waals surface area contributed by atoms with Gasteiger partial charge in [-0.1, -0.05) is 41.9 Å². The van der Waals surface area contributed by atoms with Crippen molar-refractivity contribution >= 4 is 29.2 Å². The molecule has 0 spiro atoms. The van der Waals surface area contributed by atoms with Crippen molar-refractivity contribution in [2.75, 3.05) is 13.7 Å². The molecule has 0 unspecified atom stereocenters. The predicted octanol–water partition coefficient (Wildman–Crippen LogP) is 6.03. The van der Waals surface area contributed by atoms with Crippen molar-refractivity contribution in [1.29, 1.82) is 5.26 Å². The molecule has 6 heteroatoms. The zero-order valence-electron chi connectivity index (χ0n) is 17.1. The van der Waals surface area contributed by atoms with Crippen LogP contribution >= 0.6 is 11.6 Å². The smallest absolute Gasteiger partial charge is 0.347 e. The Kier molecular flexibility index (Phi) is 7.31. The van der Waals surface area contributed by atoms with Gasteiger partial charge in [-0.25, -0.2) is 4.79 Å². The minimum atomic E-state index is -0.551. The molecule has 0 aromatic heterocycles. The van der Waals surface area contributed by atoms with E-state index >= 15 is 0 Å². The molecule has 5 nitrogen and oxygen atoms in total. The number of ether oxygens (including phenoxy) is 3. The number of carbonyl (C=O) groups excluding carboxylic acids is 1. The van der Waals surface area contributed by atoms with Crippen LogP contribution in [0.5, 0.6) is 17.2 Å². The maximum absolute atomic E-state index is 12.7. The Balaban J connectivity index is 1.87. The summed E-state index contributed by atoms with van der Waals surface area (Å²) in [4.78, 5) is 12.7. The van der Waals surface area contributed by atoms with Gasteiger partial charge in [0.15, 0.2) is 11.5 Å². The monoisotopic (exact) mass is 433 g/mol. The van der Waals surface area contributed by atoms with Gasteiger partial charge in [-0.2, -0.15) is 5.26 Å². The number of hydrogen-bond donors (Lipinski definition) is 0. The Morgan fingerprint density at radius 3 is 2.45 bits per heavy atom. The number of carbonyl (C=O) groups is 1. The molecular formula is C25H20ClNO4. The maximum Gasteiger partial charge on any atom is 0.347 e. The molecule has 0 N–H and O–H groups in total. The van der Waals surface area contributed by atoms with E-state index in [1.54, 1.807) is 72.8 Å². The summed E-state index contributed by atoms with van der Waals surface area (Å²) >= 11 is 5.92. The van der Waals surface area contributed by atoms with E-state index in [1.807, 2.05) is 6.92 Å². The molecule has 31 heavy (non-hydrogen) atoms. The first-order valence-electron chi connectivity index (χ1n) is 9.55. The summed E-state index contributed by atoms with van der Waals surface area (Å²) in [6, 6.07) is 21.2. The van der Waals surface area contributed by atoms with Crippen LogP contribution in [0.25, 0.3) is 11.6 Å². The summed E-state index contributed by atoms with van der Waals surface area (Å²) in [7, 11) is 1.48. The molecule has 0 saturated heterocycles. The van der Waals surface area contributed by atoms with Crippen molar-refractivity contribution in [1.82, 2.24) is 0 Å². The van der Waals surface area contributed by atoms with E-state index in [-0.39, 0.29) is 5.75 Å². The third-order valence-electron chi connectivity index (χ3n) is 4.38. The molecule has 0 amide bonds. The minimum Gasteiger partial charge on any atom is -0.493 e. The van der Waals surface area contributed by atoms with Crippen molar-refractivity contribution in [2.45, 2.75) is 6.92 Å². The molecule has 0 saturated carbocycles. The molecule has 0 heterocycles. The van der Waals surface area contributed by atoms with Gasteiger partial charge in [0.1, 0.15) is 11.3 Å². The molecule has 0 aliphatic heterocycles. The van der Waals surface area contributed by atoms with E-state index < -0.39 is 5.97 Å². The van der Waals surface area contributed by atoms with Crippen molar-refractivity contribution in [3.05, 3.63) is 88.4 Å². The second-order valence-corrected chi connectivity index (χ2v) is 6.84. The molecule has 156 valence electrons. The second kappa shape index (κ2) is 10.3. The van der Waals surface area contributed by atoms with E-state index in [9.17, 15) is 10.1 Å². The number of para-hydroxylation sites is 1. The standard InChI is InChI=1S/C25H20ClNO4/c1-3-30-22-7-5-4-6-21(22)25(28)31-23-13-8-17(15-24(23)29-2)14-19(16-27)18-9-11-20(26)12-10-18/h4-15H,3H2,1-2H3. The van der Waals surface area contributed by atoms with Gasteiger partial charge < -0.3 is 14.2 Å². The van der Waals surface area contributed by atoms with E-state index in [1.165, 1.54) is 7.11 Å². The molecule has 3 aromatic rings. The average Bonchev–Trinajstić information content (AvgIpc) is 2.79. The van der Waals surface area contributed by atoms with Crippen LogP contribution in [-0.2, 0) is 0 Å². The fourth-order valence-electron chi connectivity index (χ4n) is 2.91. The number of esters is 1. The highest BCUT2D eigenvalue weighted by molar-refractivity contribution is 6.30. The molecular weight excluding hydrogens is 414 g/mol. The Bertz CT molecular complexity index is 1150. The van der Waals surface area contributed by atoms with Crippen molar-refractivity contribution < 1.29 is 19.0 Å². The van der Waals surface area contributed by atoms with Gasteiger partial charge in [-0.05, 0) is 60.5 Å². The lowest BCUT2D eigenvalue weighted by atomic mass is 10.0. The molecule has 0 atom stereocenters. The van der Waals surface area contributed by atoms with Crippen LogP contribution in [0.15, 0.2) is 66.7 Å². The highest BCUT2D eigenvalue weighted by Crippen LogP contribution is 2.31. The summed E-state index contributed by atoms with van der Waals surface area (Å²) < 4.78 is 16.4. The summed E-state index contributed by atoms with van der Waals surface area (Å²) in [5.41, 5.74) is 2.26. The van der Waals surface area contributed by atoms with Gasteiger partial charge in [0.2, 0.25) is 0 Å². The van der Waals surface area contributed by atoms with E-state index in [4.69, 9.17) is 25.8 Å². The van der Waals surface area contributed by atoms with Gasteiger partial charge in [0.25, 0.3) is 0 Å². The first-order valence-corrected chi connectivity index (χ1v) is 9.93. The maximum atomic E-state index is 12.7. The van der Waals surface area contributed by atoms with Crippen molar-refractivity contribution in [3.63, 3.8) is 0 Å². The quantitative estimate of drug-likeness (QED) is 0.197. The molecule has 0 aliphatic carbocycles. The number of rotatable bonds is 7. The molecule has 3 aromatic carbocycles. The summed E-state index contributed by atoms with van der Waals surface area (Å²) in [6.07, 6.45) is 1.72. The van der Waals surface area contributed by atoms with E-state index in [2.05, 4.69) is 6.07 Å². The first-order chi connectivity index (χ1) is 15.0. The second-order valence-electron chi connectivity index (χ2n) is 6.41. The molecule has 0 radical (unpaired) electrons. The number of methoxy groups -OCH3 is 1. The largest absolute Gasteiger partial charge is 0.493 e. The molecule has 0 aliphatic rings. The number of hydrogen-bond acceptors (Lipinski definition) is 5. The molecule has 0 fully saturated rings. The number of nitrogens with zero attached hydrogens (tertiary/aromatic N) is 1. The fourth-order valence-corrected chi connectivity index (χ4v) is 3.03. The third kappa shape index (κ3) is 5.44. The van der Waals surface area contributed by atoms with Crippen LogP contribution < -0.4 is 14.2 Å². The Morgan fingerprint density at radius 1 is 1.03 bits per heavy atom. The van der Waals surface area contributed by atoms with Crippen LogP contribution in [0.3, 0.4) is 0 Å². The van der Waals surface area contributed by atoms with Crippen LogP contribution in [0, 0.1) is 11.3 Å². The number of nitriles is 1. The van der Waals surface area contributed by atoms with Crippen molar-refractivity contribution in [3.8, 4) is 23.3 Å². The van der Waals surface area contributed by atoms with Gasteiger partial charge in [-0.3, -0.25) is 0 Å². The van der Waals surface area contributed by atoms with E-state index in [0.717, 1.165) is 11.1 Å². The Hall–Kier alpha value is -3.75. The normalized spacial score (nSPS) is 10.8. The van der Waals surface area contributed by atoms with Crippen LogP contribution in [0.1, 0.15) is 28.4 Å². The summed E-state index contributed by atoms with van der Waals surface area (Å²) in [5, 5.41) is 10.1. The van der Waals surface area contributed by atoms with Crippen LogP contribution in [0.2, 0.25) is 5.02 Å². The van der Waals surface area contributed by atoms with Crippen molar-refractivity contribution in [2.24, 2.45) is 0 Å². The van der Waals surface area contributed by atoms with Gasteiger partial charge >= 0.3 is 5.97 Å². The lowest BCUT2D eigenvalue weighted by Crippen LogP contribution is -2.11. The van der Waals surface area contributed by atoms with Crippen LogP contribution in [-0.4, -0.2) is 19.7 Å². The highest BCUT2D eigenvalue weighted by Gasteiger charge is 2.17. The lowest BCUT2D eigenvalue weighted by Gasteiger charge is -2.12. The van der Waals surface area contributed by atoms with Gasteiger partial charge in [0.05, 0.1) is 25.4 Å². The van der Waals surface area contributed by atoms with E-state index in [0.29, 0.717) is 34.3 Å². The predicted molar refractivity (Wildman–Crippen MR) is 120 cm³/mol. The number of halogens is 1. The first kappa shape index (κ1) is 21.9. The Morgan fingerprint density at radius 2 is 1.77 bits per heavy atom. The summed E-state index contributed by atoms with van der Waals surface area (Å²) in [6.45, 7) is 2.28. The molecule has 0 bridgehead atoms. The average molecular weight is 434 g/mol. The highest BCUT2D eigenvalue weighted by atomic mass is 35.5. The topological polar surface area (TPSA) is 68.5 Å². The zero-order chi connectivity index (χ0) is 22.2.